The molecule has 110 valence electrons. The Morgan fingerprint density at radius 3 is 3.15 bits per heavy atom. The number of rotatable bonds is 5. The molecule has 1 aromatic heterocycles. The number of hydrogen-bond acceptors (Lipinski definition) is 6. The molecule has 2 rings (SSSR count). The summed E-state index contributed by atoms with van der Waals surface area (Å²) in [5, 5.41) is 5.89. The van der Waals surface area contributed by atoms with Crippen molar-refractivity contribution in [3.63, 3.8) is 0 Å². The lowest BCUT2D eigenvalue weighted by molar-refractivity contribution is -0.124. The van der Waals surface area contributed by atoms with Crippen LogP contribution in [0.1, 0.15) is 13.3 Å². The van der Waals surface area contributed by atoms with Crippen LogP contribution in [0.15, 0.2) is 12.4 Å². The average molecular weight is 279 g/mol. The Morgan fingerprint density at radius 2 is 2.40 bits per heavy atom. The average Bonchev–Trinajstić information content (AvgIpc) is 2.52. The van der Waals surface area contributed by atoms with Crippen LogP contribution < -0.4 is 15.5 Å². The minimum Gasteiger partial charge on any atom is -0.377 e. The van der Waals surface area contributed by atoms with E-state index in [4.69, 9.17) is 4.74 Å². The molecule has 1 aliphatic heterocycles. The molecule has 7 nitrogen and oxygen atoms in total. The highest BCUT2D eigenvalue weighted by molar-refractivity contribution is 5.85. The largest absolute Gasteiger partial charge is 0.377 e. The van der Waals surface area contributed by atoms with E-state index in [2.05, 4.69) is 27.5 Å². The van der Waals surface area contributed by atoms with Crippen LogP contribution in [0.25, 0.3) is 0 Å². The minimum atomic E-state index is -0.345. The van der Waals surface area contributed by atoms with E-state index in [1.807, 2.05) is 11.0 Å². The first-order valence-electron chi connectivity index (χ1n) is 6.88. The molecule has 1 unspecified atom stereocenters. The number of hydrogen-bond donors (Lipinski definition) is 2. The van der Waals surface area contributed by atoms with Crippen LogP contribution in [0, 0.1) is 0 Å². The van der Waals surface area contributed by atoms with E-state index in [1.165, 1.54) is 6.33 Å². The van der Waals surface area contributed by atoms with Gasteiger partial charge in [-0.15, -0.1) is 0 Å². The molecule has 0 saturated carbocycles. The third kappa shape index (κ3) is 3.36. The Kier molecular flexibility index (Phi) is 5.11. The molecule has 0 radical (unpaired) electrons. The van der Waals surface area contributed by atoms with Crippen molar-refractivity contribution in [2.45, 2.75) is 19.4 Å². The van der Waals surface area contributed by atoms with Crippen molar-refractivity contribution in [2.75, 3.05) is 43.6 Å². The fraction of sp³-hybridized carbons (Fsp3) is 0.615. The maximum atomic E-state index is 11.9. The lowest BCUT2D eigenvalue weighted by Gasteiger charge is -2.35. The fourth-order valence-corrected chi connectivity index (χ4v) is 2.12. The molecule has 0 bridgehead atoms. The number of nitrogens with zero attached hydrogens (tertiary/aromatic N) is 3. The van der Waals surface area contributed by atoms with E-state index in [0.29, 0.717) is 19.8 Å². The summed E-state index contributed by atoms with van der Waals surface area (Å²) in [6.45, 7) is 4.57. The summed E-state index contributed by atoms with van der Waals surface area (Å²) in [4.78, 5) is 22.3. The third-order valence-corrected chi connectivity index (χ3v) is 3.18. The van der Waals surface area contributed by atoms with E-state index >= 15 is 0 Å². The molecule has 1 saturated heterocycles. The highest BCUT2D eigenvalue weighted by Gasteiger charge is 2.29. The summed E-state index contributed by atoms with van der Waals surface area (Å²) in [5.41, 5.74) is 0. The van der Waals surface area contributed by atoms with Gasteiger partial charge in [-0.2, -0.15) is 0 Å². The van der Waals surface area contributed by atoms with E-state index in [-0.39, 0.29) is 11.9 Å². The SMILES string of the molecule is CCCNc1cc(N2CCOCC2C(=O)NC)ncn1. The maximum absolute atomic E-state index is 11.9. The second kappa shape index (κ2) is 7.04. The van der Waals surface area contributed by atoms with Crippen molar-refractivity contribution in [1.29, 1.82) is 0 Å². The summed E-state index contributed by atoms with van der Waals surface area (Å²) in [7, 11) is 1.63. The van der Waals surface area contributed by atoms with Gasteiger partial charge in [0.2, 0.25) is 5.91 Å². The molecule has 2 N–H and O–H groups in total. The summed E-state index contributed by atoms with van der Waals surface area (Å²) < 4.78 is 5.39. The Balaban J connectivity index is 2.16. The van der Waals surface area contributed by atoms with Crippen molar-refractivity contribution in [2.24, 2.45) is 0 Å². The summed E-state index contributed by atoms with van der Waals surface area (Å²) >= 11 is 0. The van der Waals surface area contributed by atoms with Crippen molar-refractivity contribution in [3.8, 4) is 0 Å². The van der Waals surface area contributed by atoms with Gasteiger partial charge >= 0.3 is 0 Å². The van der Waals surface area contributed by atoms with Crippen LogP contribution in [-0.2, 0) is 9.53 Å². The molecule has 0 aliphatic carbocycles. The number of nitrogens with one attached hydrogen (secondary N) is 2. The van der Waals surface area contributed by atoms with Gasteiger partial charge in [0.25, 0.3) is 0 Å². The van der Waals surface area contributed by atoms with E-state index in [9.17, 15) is 4.79 Å². The van der Waals surface area contributed by atoms with Gasteiger partial charge in [0, 0.05) is 26.2 Å². The second-order valence-corrected chi connectivity index (χ2v) is 4.59. The van der Waals surface area contributed by atoms with Gasteiger partial charge in [0.05, 0.1) is 13.2 Å². The number of anilines is 2. The Hall–Kier alpha value is -1.89. The summed E-state index contributed by atoms with van der Waals surface area (Å²) in [6.07, 6.45) is 2.54. The highest BCUT2D eigenvalue weighted by atomic mass is 16.5. The quantitative estimate of drug-likeness (QED) is 0.804. The van der Waals surface area contributed by atoms with E-state index in [1.54, 1.807) is 7.05 Å². The number of morpholine rings is 1. The lowest BCUT2D eigenvalue weighted by atomic mass is 10.2. The van der Waals surface area contributed by atoms with E-state index < -0.39 is 0 Å². The van der Waals surface area contributed by atoms with Gasteiger partial charge in [0.15, 0.2) is 0 Å². The predicted molar refractivity (Wildman–Crippen MR) is 76.8 cm³/mol. The first-order valence-corrected chi connectivity index (χ1v) is 6.88. The predicted octanol–water partition coefficient (Wildman–Crippen LogP) is 0.250. The normalized spacial score (nSPS) is 18.7. The number of carbonyl (C=O) groups is 1. The Bertz CT molecular complexity index is 454. The van der Waals surface area contributed by atoms with Crippen LogP contribution >= 0.6 is 0 Å². The van der Waals surface area contributed by atoms with E-state index in [0.717, 1.165) is 24.6 Å². The van der Waals surface area contributed by atoms with Gasteiger partial charge < -0.3 is 20.3 Å². The van der Waals surface area contributed by atoms with Gasteiger partial charge in [-0.25, -0.2) is 9.97 Å². The van der Waals surface area contributed by atoms with Crippen LogP contribution in [0.5, 0.6) is 0 Å². The van der Waals surface area contributed by atoms with Gasteiger partial charge in [0.1, 0.15) is 24.0 Å². The van der Waals surface area contributed by atoms with Crippen LogP contribution in [0.2, 0.25) is 0 Å². The first kappa shape index (κ1) is 14.5. The number of amides is 1. The van der Waals surface area contributed by atoms with Gasteiger partial charge in [-0.3, -0.25) is 4.79 Å². The molecule has 0 aromatic carbocycles. The number of likely N-dealkylation sites (N-methyl/N-ethyl adjacent to an activating group) is 1. The molecule has 20 heavy (non-hydrogen) atoms. The molecular weight excluding hydrogens is 258 g/mol. The third-order valence-electron chi connectivity index (χ3n) is 3.18. The van der Waals surface area contributed by atoms with Crippen LogP contribution in [0.3, 0.4) is 0 Å². The fourth-order valence-electron chi connectivity index (χ4n) is 2.12. The van der Waals surface area contributed by atoms with Crippen molar-refractivity contribution < 1.29 is 9.53 Å². The molecule has 0 spiro atoms. The van der Waals surface area contributed by atoms with Crippen LogP contribution in [0.4, 0.5) is 11.6 Å². The Morgan fingerprint density at radius 1 is 1.55 bits per heavy atom. The molecule has 1 aliphatic rings. The molecule has 1 fully saturated rings. The monoisotopic (exact) mass is 279 g/mol. The molecular formula is C13H21N5O2. The number of carbonyl (C=O) groups excluding carboxylic acids is 1. The van der Waals surface area contributed by atoms with Gasteiger partial charge in [-0.1, -0.05) is 6.92 Å². The molecule has 1 aromatic rings. The summed E-state index contributed by atoms with van der Waals surface area (Å²) in [5.74, 6) is 1.46. The van der Waals surface area contributed by atoms with Crippen LogP contribution in [-0.4, -0.2) is 55.3 Å². The zero-order chi connectivity index (χ0) is 14.4. The lowest BCUT2D eigenvalue weighted by Crippen LogP contribution is -2.53. The van der Waals surface area contributed by atoms with Gasteiger partial charge in [-0.05, 0) is 6.42 Å². The zero-order valence-electron chi connectivity index (χ0n) is 11.9. The second-order valence-electron chi connectivity index (χ2n) is 4.59. The highest BCUT2D eigenvalue weighted by Crippen LogP contribution is 2.19. The summed E-state index contributed by atoms with van der Waals surface area (Å²) in [6, 6.07) is 1.53. The zero-order valence-corrected chi connectivity index (χ0v) is 11.9. The van der Waals surface area contributed by atoms with Crippen molar-refractivity contribution in [3.05, 3.63) is 12.4 Å². The topological polar surface area (TPSA) is 79.4 Å². The standard InChI is InChI=1S/C13H21N5O2/c1-3-4-15-11-7-12(17-9-16-11)18-5-6-20-8-10(18)13(19)14-2/h7,9-10H,3-6,8H2,1-2H3,(H,14,19)(H,15,16,17). The smallest absolute Gasteiger partial charge is 0.244 e. The number of aromatic nitrogens is 2. The molecule has 7 heteroatoms. The minimum absolute atomic E-state index is 0.0635. The van der Waals surface area contributed by atoms with Crippen molar-refractivity contribution in [1.82, 2.24) is 15.3 Å². The molecule has 2 heterocycles. The number of ether oxygens (including phenoxy) is 1. The molecule has 1 atom stereocenters. The van der Waals surface area contributed by atoms with Crippen molar-refractivity contribution >= 4 is 17.5 Å². The first-order chi connectivity index (χ1) is 9.76. The molecule has 1 amide bonds. The maximum Gasteiger partial charge on any atom is 0.244 e. The Labute approximate surface area is 118 Å².